The van der Waals surface area contributed by atoms with Crippen LogP contribution in [0.1, 0.15) is 44.9 Å². The highest BCUT2D eigenvalue weighted by atomic mass is 32.2. The zero-order valence-corrected chi connectivity index (χ0v) is 16.1. The minimum Gasteiger partial charge on any atom is -0.390 e. The van der Waals surface area contributed by atoms with Crippen molar-refractivity contribution in [1.29, 1.82) is 0 Å². The van der Waals surface area contributed by atoms with Crippen LogP contribution in [0.5, 0.6) is 0 Å². The van der Waals surface area contributed by atoms with Crippen LogP contribution in [0.15, 0.2) is 0 Å². The lowest BCUT2D eigenvalue weighted by Gasteiger charge is -2.60. The molecular weight excluding hydrogens is 356 g/mol. The smallest absolute Gasteiger partial charge is 0.220 e. The Morgan fingerprint density at radius 3 is 2.42 bits per heavy atom. The van der Waals surface area contributed by atoms with Gasteiger partial charge in [0, 0.05) is 26.1 Å². The monoisotopic (exact) mass is 386 g/mol. The van der Waals surface area contributed by atoms with Crippen LogP contribution in [0, 0.1) is 17.3 Å². The summed E-state index contributed by atoms with van der Waals surface area (Å²) in [6.07, 6.45) is 6.20. The number of hydrogen-bond acceptors (Lipinski definition) is 5. The van der Waals surface area contributed by atoms with Crippen molar-refractivity contribution >= 4 is 15.9 Å². The molecule has 2 unspecified atom stereocenters. The average molecular weight is 387 g/mol. The van der Waals surface area contributed by atoms with Crippen LogP contribution in [-0.4, -0.2) is 67.9 Å². The van der Waals surface area contributed by atoms with Crippen molar-refractivity contribution in [3.8, 4) is 0 Å². The quantitative estimate of drug-likeness (QED) is 0.692. The maximum absolute atomic E-state index is 12.5. The Labute approximate surface area is 155 Å². The summed E-state index contributed by atoms with van der Waals surface area (Å²) in [5.74, 6) is 0.959. The lowest BCUT2D eigenvalue weighted by molar-refractivity contribution is -0.169. The third-order valence-corrected chi connectivity index (χ3v) is 8.60. The number of carbonyl (C=O) groups is 1. The van der Waals surface area contributed by atoms with Crippen LogP contribution in [0.25, 0.3) is 0 Å². The fourth-order valence-electron chi connectivity index (χ4n) is 6.29. The molecule has 0 radical (unpaired) electrons. The van der Waals surface area contributed by atoms with Gasteiger partial charge in [0.25, 0.3) is 0 Å². The first kappa shape index (κ1) is 18.7. The predicted molar refractivity (Wildman–Crippen MR) is 95.9 cm³/mol. The molecule has 5 aliphatic rings. The number of sulfonamides is 1. The summed E-state index contributed by atoms with van der Waals surface area (Å²) in [6, 6.07) is 0. The van der Waals surface area contributed by atoms with Crippen LogP contribution < -0.4 is 5.32 Å². The van der Waals surface area contributed by atoms with Crippen molar-refractivity contribution in [2.24, 2.45) is 17.3 Å². The lowest BCUT2D eigenvalue weighted by Crippen LogP contribution is -2.56. The summed E-state index contributed by atoms with van der Waals surface area (Å²) in [6.45, 7) is 1.78. The highest BCUT2D eigenvalue weighted by molar-refractivity contribution is 7.89. The van der Waals surface area contributed by atoms with Gasteiger partial charge in [0.15, 0.2) is 0 Å². The van der Waals surface area contributed by atoms with E-state index in [1.807, 2.05) is 0 Å². The van der Waals surface area contributed by atoms with Crippen LogP contribution >= 0.6 is 0 Å². The van der Waals surface area contributed by atoms with Gasteiger partial charge >= 0.3 is 0 Å². The van der Waals surface area contributed by atoms with Crippen molar-refractivity contribution in [2.45, 2.75) is 50.5 Å². The lowest BCUT2D eigenvalue weighted by atomic mass is 9.47. The molecule has 4 saturated carbocycles. The van der Waals surface area contributed by atoms with Crippen molar-refractivity contribution in [3.05, 3.63) is 0 Å². The molecule has 4 aliphatic carbocycles. The van der Waals surface area contributed by atoms with E-state index in [-0.39, 0.29) is 23.6 Å². The molecule has 1 saturated heterocycles. The second kappa shape index (κ2) is 6.72. The average Bonchev–Trinajstić information content (AvgIpc) is 2.52. The molecule has 0 spiro atoms. The summed E-state index contributed by atoms with van der Waals surface area (Å²) in [7, 11) is -3.34. The maximum atomic E-state index is 12.5. The van der Waals surface area contributed by atoms with Gasteiger partial charge in [-0.1, -0.05) is 0 Å². The van der Waals surface area contributed by atoms with Gasteiger partial charge in [0.2, 0.25) is 15.9 Å². The van der Waals surface area contributed by atoms with Gasteiger partial charge in [-0.05, 0) is 55.8 Å². The highest BCUT2D eigenvalue weighted by Gasteiger charge is 2.57. The minimum atomic E-state index is -3.34. The molecule has 1 heterocycles. The van der Waals surface area contributed by atoms with Crippen LogP contribution in [0.2, 0.25) is 0 Å². The number of nitrogens with zero attached hydrogens (tertiary/aromatic N) is 1. The van der Waals surface area contributed by atoms with Gasteiger partial charge in [-0.15, -0.1) is 0 Å². The number of aliphatic hydroxyl groups is 1. The Morgan fingerprint density at radius 1 is 1.15 bits per heavy atom. The van der Waals surface area contributed by atoms with Crippen molar-refractivity contribution in [2.75, 3.05) is 38.6 Å². The van der Waals surface area contributed by atoms with E-state index in [4.69, 9.17) is 4.74 Å². The molecule has 4 bridgehead atoms. The summed E-state index contributed by atoms with van der Waals surface area (Å²) < 4.78 is 31.2. The molecule has 5 rings (SSSR count). The van der Waals surface area contributed by atoms with Crippen molar-refractivity contribution in [3.63, 3.8) is 0 Å². The number of morpholine rings is 1. The number of amides is 1. The fourth-order valence-corrected chi connectivity index (χ4v) is 7.61. The Morgan fingerprint density at radius 2 is 1.81 bits per heavy atom. The molecule has 0 aromatic carbocycles. The van der Waals surface area contributed by atoms with E-state index in [1.165, 1.54) is 10.7 Å². The zero-order chi connectivity index (χ0) is 18.4. The van der Waals surface area contributed by atoms with E-state index in [0.717, 1.165) is 32.1 Å². The summed E-state index contributed by atoms with van der Waals surface area (Å²) in [5.41, 5.74) is -0.643. The normalized spacial score (nSPS) is 39.9. The number of hydrogen-bond donors (Lipinski definition) is 2. The number of ether oxygens (including phenoxy) is 1. The van der Waals surface area contributed by atoms with Crippen LogP contribution in [0.3, 0.4) is 0 Å². The number of nitrogens with one attached hydrogen (secondary N) is 1. The Hall–Kier alpha value is -0.700. The highest BCUT2D eigenvalue weighted by Crippen LogP contribution is 2.62. The van der Waals surface area contributed by atoms with Crippen molar-refractivity contribution < 1.29 is 23.1 Å². The topological polar surface area (TPSA) is 95.9 Å². The third kappa shape index (κ3) is 3.79. The third-order valence-electron chi connectivity index (χ3n) is 6.73. The first-order valence-electron chi connectivity index (χ1n) is 9.82. The molecule has 0 aromatic rings. The first-order valence-corrected chi connectivity index (χ1v) is 11.4. The molecule has 5 fully saturated rings. The fraction of sp³-hybridized carbons (Fsp3) is 0.944. The molecular formula is C18H30N2O5S. The van der Waals surface area contributed by atoms with E-state index < -0.39 is 15.6 Å². The van der Waals surface area contributed by atoms with E-state index in [2.05, 4.69) is 5.32 Å². The molecule has 8 heteroatoms. The molecule has 1 aliphatic heterocycles. The largest absolute Gasteiger partial charge is 0.390 e. The second-order valence-electron chi connectivity index (χ2n) is 9.04. The van der Waals surface area contributed by atoms with Gasteiger partial charge in [-0.3, -0.25) is 4.79 Å². The summed E-state index contributed by atoms with van der Waals surface area (Å²) >= 11 is 0. The van der Waals surface area contributed by atoms with E-state index >= 15 is 0 Å². The van der Waals surface area contributed by atoms with Crippen LogP contribution in [-0.2, 0) is 19.6 Å². The van der Waals surface area contributed by atoms with E-state index in [9.17, 15) is 18.3 Å². The molecule has 0 aromatic heterocycles. The summed E-state index contributed by atoms with van der Waals surface area (Å²) in [5, 5.41) is 13.6. The Bertz CT molecular complexity index is 644. The molecule has 148 valence electrons. The van der Waals surface area contributed by atoms with Crippen LogP contribution in [0.4, 0.5) is 0 Å². The molecule has 2 N–H and O–H groups in total. The maximum Gasteiger partial charge on any atom is 0.220 e. The van der Waals surface area contributed by atoms with E-state index in [1.54, 1.807) is 0 Å². The van der Waals surface area contributed by atoms with Gasteiger partial charge in [0.05, 0.1) is 24.6 Å². The SMILES string of the molecule is O=C(CC12CC3CC(CC(O)(C3)C1)C2)NCCS(=O)(=O)N1CCOCC1. The van der Waals surface area contributed by atoms with Gasteiger partial charge in [-0.25, -0.2) is 8.42 Å². The van der Waals surface area contributed by atoms with Gasteiger partial charge < -0.3 is 15.2 Å². The minimum absolute atomic E-state index is 0.0685. The first-order chi connectivity index (χ1) is 12.3. The number of rotatable bonds is 6. The second-order valence-corrected chi connectivity index (χ2v) is 11.1. The Balaban J connectivity index is 1.28. The zero-order valence-electron chi connectivity index (χ0n) is 15.3. The molecule has 2 atom stereocenters. The molecule has 1 amide bonds. The molecule has 26 heavy (non-hydrogen) atoms. The standard InChI is InChI=1S/C18H30N2O5S/c21-16(19-1-6-26(23,24)20-2-4-25-5-3-20)12-17-8-14-7-15(9-17)11-18(22,10-14)13-17/h14-15,22H,1-13H2,(H,19,21). The van der Waals surface area contributed by atoms with Gasteiger partial charge in [0.1, 0.15) is 0 Å². The molecule has 7 nitrogen and oxygen atoms in total. The van der Waals surface area contributed by atoms with E-state index in [0.29, 0.717) is 44.6 Å². The van der Waals surface area contributed by atoms with Crippen molar-refractivity contribution in [1.82, 2.24) is 9.62 Å². The number of carbonyl (C=O) groups excluding carboxylic acids is 1. The summed E-state index contributed by atoms with van der Waals surface area (Å²) in [4.78, 5) is 12.5. The Kier molecular flexibility index (Phi) is 4.82. The predicted octanol–water partition coefficient (Wildman–Crippen LogP) is 0.486. The van der Waals surface area contributed by atoms with Gasteiger partial charge in [-0.2, -0.15) is 4.31 Å².